The van der Waals surface area contributed by atoms with E-state index < -0.39 is 0 Å². The van der Waals surface area contributed by atoms with E-state index in [-0.39, 0.29) is 5.91 Å². The summed E-state index contributed by atoms with van der Waals surface area (Å²) >= 11 is 2.23. The fourth-order valence-corrected chi connectivity index (χ4v) is 1.59. The van der Waals surface area contributed by atoms with E-state index in [1.165, 1.54) is 0 Å². The molecule has 0 saturated heterocycles. The van der Waals surface area contributed by atoms with Crippen LogP contribution in [0.3, 0.4) is 0 Å². The Balaban J connectivity index is 2.81. The van der Waals surface area contributed by atoms with Crippen LogP contribution in [0.2, 0.25) is 0 Å². The van der Waals surface area contributed by atoms with Crippen molar-refractivity contribution < 1.29 is 4.79 Å². The Morgan fingerprint density at radius 2 is 2.33 bits per heavy atom. The molecule has 0 bridgehead atoms. The molecule has 0 saturated carbocycles. The van der Waals surface area contributed by atoms with Gasteiger partial charge in [-0.2, -0.15) is 5.10 Å². The Hall–Kier alpha value is -0.590. The molecule has 84 valence electrons. The van der Waals surface area contributed by atoms with Gasteiger partial charge in [0.1, 0.15) is 5.69 Å². The van der Waals surface area contributed by atoms with E-state index in [1.807, 2.05) is 19.9 Å². The third-order valence-electron chi connectivity index (χ3n) is 2.11. The maximum Gasteiger partial charge on any atom is 0.269 e. The number of amides is 1. The van der Waals surface area contributed by atoms with Crippen molar-refractivity contribution >= 4 is 28.5 Å². The molecule has 15 heavy (non-hydrogen) atoms. The highest BCUT2D eigenvalue weighted by atomic mass is 127. The largest absolute Gasteiger partial charge is 0.350 e. The SMILES string of the molecule is CCc1cc(C(=O)NCCI)n(CC)n1. The number of aryl methyl sites for hydroxylation is 2. The molecule has 1 N–H and O–H groups in total. The highest BCUT2D eigenvalue weighted by Gasteiger charge is 2.12. The zero-order chi connectivity index (χ0) is 11.3. The van der Waals surface area contributed by atoms with Crippen LogP contribution in [0.1, 0.15) is 30.0 Å². The summed E-state index contributed by atoms with van der Waals surface area (Å²) in [6.45, 7) is 5.46. The lowest BCUT2D eigenvalue weighted by atomic mass is 10.3. The lowest BCUT2D eigenvalue weighted by Crippen LogP contribution is -2.27. The second-order valence-corrected chi connectivity index (χ2v) is 4.21. The number of hydrogen-bond acceptors (Lipinski definition) is 2. The van der Waals surface area contributed by atoms with Crippen LogP contribution in [0.5, 0.6) is 0 Å². The first-order valence-corrected chi connectivity index (χ1v) is 6.66. The van der Waals surface area contributed by atoms with Crippen LogP contribution >= 0.6 is 22.6 Å². The van der Waals surface area contributed by atoms with Crippen LogP contribution in [0.4, 0.5) is 0 Å². The number of nitrogens with one attached hydrogen (secondary N) is 1. The van der Waals surface area contributed by atoms with Crippen molar-refractivity contribution in [2.75, 3.05) is 11.0 Å². The monoisotopic (exact) mass is 321 g/mol. The standard InChI is InChI=1S/C10H16IN3O/c1-3-8-7-9(14(4-2)13-8)10(15)12-6-5-11/h7H,3-6H2,1-2H3,(H,12,15). The van der Waals surface area contributed by atoms with Gasteiger partial charge in [0.25, 0.3) is 5.91 Å². The number of carbonyl (C=O) groups excluding carboxylic acids is 1. The number of rotatable bonds is 5. The third-order valence-corrected chi connectivity index (χ3v) is 2.64. The normalized spacial score (nSPS) is 10.3. The van der Waals surface area contributed by atoms with Gasteiger partial charge >= 0.3 is 0 Å². The Morgan fingerprint density at radius 3 is 2.87 bits per heavy atom. The highest BCUT2D eigenvalue weighted by Crippen LogP contribution is 2.05. The van der Waals surface area contributed by atoms with Crippen molar-refractivity contribution in [1.82, 2.24) is 15.1 Å². The van der Waals surface area contributed by atoms with E-state index >= 15 is 0 Å². The molecule has 4 nitrogen and oxygen atoms in total. The van der Waals surface area contributed by atoms with E-state index in [1.54, 1.807) is 4.68 Å². The van der Waals surface area contributed by atoms with E-state index in [2.05, 4.69) is 33.0 Å². The number of nitrogens with zero attached hydrogens (tertiary/aromatic N) is 2. The van der Waals surface area contributed by atoms with Crippen LogP contribution in [-0.2, 0) is 13.0 Å². The maximum atomic E-state index is 11.7. The average Bonchev–Trinajstić information content (AvgIpc) is 2.69. The second-order valence-electron chi connectivity index (χ2n) is 3.14. The molecule has 0 spiro atoms. The quantitative estimate of drug-likeness (QED) is 0.662. The minimum atomic E-state index is -0.0271. The van der Waals surface area contributed by atoms with Crippen LogP contribution < -0.4 is 5.32 Å². The molecule has 1 heterocycles. The summed E-state index contributed by atoms with van der Waals surface area (Å²) < 4.78 is 2.67. The first kappa shape index (κ1) is 12.5. The van der Waals surface area contributed by atoms with E-state index in [9.17, 15) is 4.79 Å². The van der Waals surface area contributed by atoms with E-state index in [0.29, 0.717) is 12.2 Å². The first-order chi connectivity index (χ1) is 7.22. The number of carbonyl (C=O) groups is 1. The van der Waals surface area contributed by atoms with Gasteiger partial charge in [0.05, 0.1) is 5.69 Å². The highest BCUT2D eigenvalue weighted by molar-refractivity contribution is 14.1. The minimum Gasteiger partial charge on any atom is -0.350 e. The van der Waals surface area contributed by atoms with Crippen LogP contribution in [0.25, 0.3) is 0 Å². The van der Waals surface area contributed by atoms with E-state index in [0.717, 1.165) is 23.1 Å². The smallest absolute Gasteiger partial charge is 0.269 e. The maximum absolute atomic E-state index is 11.7. The summed E-state index contributed by atoms with van der Waals surface area (Å²) in [7, 11) is 0. The van der Waals surface area contributed by atoms with Crippen molar-refractivity contribution in [3.05, 3.63) is 17.5 Å². The summed E-state index contributed by atoms with van der Waals surface area (Å²) in [5.41, 5.74) is 1.63. The summed E-state index contributed by atoms with van der Waals surface area (Å²) in [4.78, 5) is 11.7. The molecule has 1 amide bonds. The summed E-state index contributed by atoms with van der Waals surface area (Å²) in [6.07, 6.45) is 0.861. The number of halogens is 1. The Labute approximate surface area is 104 Å². The van der Waals surface area contributed by atoms with Gasteiger partial charge in [-0.3, -0.25) is 9.48 Å². The molecule has 0 aromatic carbocycles. The fourth-order valence-electron chi connectivity index (χ4n) is 1.32. The predicted octanol–water partition coefficient (Wildman–Crippen LogP) is 1.63. The molecule has 0 fully saturated rings. The molecule has 0 atom stereocenters. The topological polar surface area (TPSA) is 46.9 Å². The van der Waals surface area contributed by atoms with Crippen molar-refractivity contribution in [2.45, 2.75) is 26.8 Å². The molecule has 1 aromatic heterocycles. The van der Waals surface area contributed by atoms with Gasteiger partial charge in [0.2, 0.25) is 0 Å². The zero-order valence-electron chi connectivity index (χ0n) is 9.09. The zero-order valence-corrected chi connectivity index (χ0v) is 11.2. The molecule has 1 aromatic rings. The van der Waals surface area contributed by atoms with Gasteiger partial charge in [-0.15, -0.1) is 0 Å². The fraction of sp³-hybridized carbons (Fsp3) is 0.600. The third kappa shape index (κ3) is 3.19. The summed E-state index contributed by atoms with van der Waals surface area (Å²) in [5.74, 6) is -0.0271. The second kappa shape index (κ2) is 6.09. The van der Waals surface area contributed by atoms with Crippen LogP contribution in [0, 0.1) is 0 Å². The first-order valence-electron chi connectivity index (χ1n) is 5.13. The average molecular weight is 321 g/mol. The van der Waals surface area contributed by atoms with Crippen LogP contribution in [-0.4, -0.2) is 26.7 Å². The van der Waals surface area contributed by atoms with Gasteiger partial charge in [-0.1, -0.05) is 29.5 Å². The Kier molecular flexibility index (Phi) is 5.07. The summed E-state index contributed by atoms with van der Waals surface area (Å²) in [5, 5.41) is 7.18. The van der Waals surface area contributed by atoms with Crippen LogP contribution in [0.15, 0.2) is 6.07 Å². The minimum absolute atomic E-state index is 0.0271. The molecular weight excluding hydrogens is 305 g/mol. The van der Waals surface area contributed by atoms with Crippen molar-refractivity contribution in [3.8, 4) is 0 Å². The van der Waals surface area contributed by atoms with E-state index in [4.69, 9.17) is 0 Å². The van der Waals surface area contributed by atoms with Crippen molar-refractivity contribution in [1.29, 1.82) is 0 Å². The van der Waals surface area contributed by atoms with Crippen molar-refractivity contribution in [2.24, 2.45) is 0 Å². The predicted molar refractivity (Wildman–Crippen MR) is 68.5 cm³/mol. The molecule has 1 rings (SSSR count). The van der Waals surface area contributed by atoms with Crippen molar-refractivity contribution in [3.63, 3.8) is 0 Å². The van der Waals surface area contributed by atoms with Gasteiger partial charge in [0, 0.05) is 17.5 Å². The number of alkyl halides is 1. The molecule has 0 unspecified atom stereocenters. The molecule has 0 aliphatic rings. The lowest BCUT2D eigenvalue weighted by molar-refractivity contribution is 0.0946. The molecule has 0 aliphatic carbocycles. The van der Waals surface area contributed by atoms with Gasteiger partial charge in [-0.05, 0) is 19.4 Å². The van der Waals surface area contributed by atoms with Gasteiger partial charge < -0.3 is 5.32 Å². The van der Waals surface area contributed by atoms with Gasteiger partial charge in [0.15, 0.2) is 0 Å². The molecular formula is C10H16IN3O. The Bertz CT molecular complexity index is 335. The molecule has 0 radical (unpaired) electrons. The number of aromatic nitrogens is 2. The molecule has 0 aliphatic heterocycles. The van der Waals surface area contributed by atoms with Gasteiger partial charge in [-0.25, -0.2) is 0 Å². The lowest BCUT2D eigenvalue weighted by Gasteiger charge is -2.04. The summed E-state index contributed by atoms with van der Waals surface area (Å²) in [6, 6.07) is 1.87. The Morgan fingerprint density at radius 1 is 1.60 bits per heavy atom. The molecule has 5 heteroatoms. The number of hydrogen-bond donors (Lipinski definition) is 1.